The second-order valence-corrected chi connectivity index (χ2v) is 4.03. The molecule has 0 amide bonds. The van der Waals surface area contributed by atoms with Crippen LogP contribution in [0.4, 0.5) is 0 Å². The van der Waals surface area contributed by atoms with Crippen LogP contribution in [-0.4, -0.2) is 26.8 Å². The lowest BCUT2D eigenvalue weighted by Crippen LogP contribution is -2.44. The summed E-state index contributed by atoms with van der Waals surface area (Å²) in [6.07, 6.45) is 6.25. The predicted molar refractivity (Wildman–Crippen MR) is 53.8 cm³/mol. The molecule has 1 aliphatic carbocycles. The number of aliphatic hydroxyl groups is 1. The smallest absolute Gasteiger partial charge is 0.105 e. The van der Waals surface area contributed by atoms with Crippen LogP contribution in [0.15, 0.2) is 12.4 Å². The van der Waals surface area contributed by atoms with Crippen molar-refractivity contribution in [2.45, 2.75) is 44.4 Å². The molecule has 4 heteroatoms. The molecule has 1 aliphatic rings. The Hall–Kier alpha value is -0.870. The van der Waals surface area contributed by atoms with Crippen LogP contribution in [0.2, 0.25) is 0 Å². The summed E-state index contributed by atoms with van der Waals surface area (Å²) in [6, 6.07) is 0.0248. The molecular formula is C10H17N3O. The van der Waals surface area contributed by atoms with Crippen LogP contribution in [0, 0.1) is 6.92 Å². The molecule has 0 aliphatic heterocycles. The van der Waals surface area contributed by atoms with Crippen molar-refractivity contribution in [1.82, 2.24) is 9.55 Å². The van der Waals surface area contributed by atoms with Crippen molar-refractivity contribution >= 4 is 0 Å². The first-order valence-corrected chi connectivity index (χ1v) is 5.13. The number of nitrogens with zero attached hydrogens (tertiary/aromatic N) is 2. The van der Waals surface area contributed by atoms with E-state index in [1.54, 1.807) is 6.20 Å². The van der Waals surface area contributed by atoms with Crippen LogP contribution < -0.4 is 5.73 Å². The summed E-state index contributed by atoms with van der Waals surface area (Å²) in [6.45, 7) is 1.95. The maximum atomic E-state index is 9.96. The van der Waals surface area contributed by atoms with Crippen molar-refractivity contribution in [3.63, 3.8) is 0 Å². The van der Waals surface area contributed by atoms with E-state index in [1.807, 2.05) is 17.7 Å². The van der Waals surface area contributed by atoms with Crippen molar-refractivity contribution in [2.24, 2.45) is 5.73 Å². The lowest BCUT2D eigenvalue weighted by Gasteiger charge is -2.33. The summed E-state index contributed by atoms with van der Waals surface area (Å²) in [5, 5.41) is 9.96. The lowest BCUT2D eigenvalue weighted by molar-refractivity contribution is 0.0561. The third kappa shape index (κ3) is 1.55. The van der Waals surface area contributed by atoms with Gasteiger partial charge in [-0.3, -0.25) is 0 Å². The number of aliphatic hydroxyl groups excluding tert-OH is 1. The summed E-state index contributed by atoms with van der Waals surface area (Å²) in [4.78, 5) is 4.16. The van der Waals surface area contributed by atoms with Gasteiger partial charge in [-0.15, -0.1) is 0 Å². The van der Waals surface area contributed by atoms with Crippen LogP contribution in [0.3, 0.4) is 0 Å². The first-order chi connectivity index (χ1) is 6.70. The standard InChI is InChI=1S/C10H17N3O/c1-7-12-5-6-13(7)9-4-2-3-8(11)10(9)14/h5-6,8-10,14H,2-4,11H2,1H3/t8-,9-,10-/m1/s1. The second kappa shape index (κ2) is 3.71. The Bertz CT molecular complexity index is 310. The summed E-state index contributed by atoms with van der Waals surface area (Å²) in [5.41, 5.74) is 5.84. The van der Waals surface area contributed by atoms with Gasteiger partial charge in [-0.25, -0.2) is 4.98 Å². The molecule has 0 aromatic carbocycles. The molecule has 1 aromatic heterocycles. The lowest BCUT2D eigenvalue weighted by atomic mass is 9.88. The van der Waals surface area contributed by atoms with Crippen molar-refractivity contribution in [3.8, 4) is 0 Å². The van der Waals surface area contributed by atoms with Crippen LogP contribution in [0.5, 0.6) is 0 Å². The molecule has 1 heterocycles. The van der Waals surface area contributed by atoms with E-state index in [4.69, 9.17) is 5.73 Å². The molecule has 4 nitrogen and oxygen atoms in total. The molecule has 1 aromatic rings. The van der Waals surface area contributed by atoms with Crippen molar-refractivity contribution in [3.05, 3.63) is 18.2 Å². The molecule has 1 saturated carbocycles. The Morgan fingerprint density at radius 1 is 1.57 bits per heavy atom. The van der Waals surface area contributed by atoms with E-state index >= 15 is 0 Å². The van der Waals surface area contributed by atoms with Gasteiger partial charge in [-0.05, 0) is 26.2 Å². The zero-order chi connectivity index (χ0) is 10.1. The Morgan fingerprint density at radius 3 is 3.00 bits per heavy atom. The molecule has 14 heavy (non-hydrogen) atoms. The maximum absolute atomic E-state index is 9.96. The van der Waals surface area contributed by atoms with Gasteiger partial charge in [0.25, 0.3) is 0 Å². The molecule has 0 radical (unpaired) electrons. The first-order valence-electron chi connectivity index (χ1n) is 5.13. The molecule has 3 atom stereocenters. The second-order valence-electron chi connectivity index (χ2n) is 4.03. The average molecular weight is 195 g/mol. The summed E-state index contributed by atoms with van der Waals surface area (Å²) < 4.78 is 2.03. The molecule has 2 rings (SSSR count). The first kappa shape index (κ1) is 9.68. The SMILES string of the molecule is Cc1nccn1[C@@H]1CCC[C@@H](N)[C@H]1O. The fourth-order valence-electron chi connectivity index (χ4n) is 2.23. The third-order valence-electron chi connectivity index (χ3n) is 3.09. The van der Waals surface area contributed by atoms with E-state index < -0.39 is 6.10 Å². The van der Waals surface area contributed by atoms with Crippen LogP contribution in [-0.2, 0) is 0 Å². The Morgan fingerprint density at radius 2 is 2.36 bits per heavy atom. The third-order valence-corrected chi connectivity index (χ3v) is 3.09. The van der Waals surface area contributed by atoms with Gasteiger partial charge < -0.3 is 15.4 Å². The molecule has 0 spiro atoms. The molecule has 0 bridgehead atoms. The van der Waals surface area contributed by atoms with E-state index in [0.29, 0.717) is 0 Å². The molecule has 1 fully saturated rings. The molecule has 78 valence electrons. The molecule has 3 N–H and O–H groups in total. The van der Waals surface area contributed by atoms with Crippen LogP contribution >= 0.6 is 0 Å². The minimum Gasteiger partial charge on any atom is -0.389 e. The largest absolute Gasteiger partial charge is 0.389 e. The molecule has 0 unspecified atom stereocenters. The number of hydrogen-bond acceptors (Lipinski definition) is 3. The topological polar surface area (TPSA) is 64.1 Å². The molecular weight excluding hydrogens is 178 g/mol. The van der Waals surface area contributed by atoms with Gasteiger partial charge in [0.15, 0.2) is 0 Å². The summed E-state index contributed by atoms with van der Waals surface area (Å²) in [7, 11) is 0. The van der Waals surface area contributed by atoms with Gasteiger partial charge in [0, 0.05) is 18.4 Å². The number of aryl methyl sites for hydroxylation is 1. The van der Waals surface area contributed by atoms with E-state index in [1.165, 1.54) is 0 Å². The minimum absolute atomic E-state index is 0.0875. The van der Waals surface area contributed by atoms with Gasteiger partial charge >= 0.3 is 0 Å². The number of nitrogens with two attached hydrogens (primary N) is 1. The fourth-order valence-corrected chi connectivity index (χ4v) is 2.23. The fraction of sp³-hybridized carbons (Fsp3) is 0.700. The van der Waals surface area contributed by atoms with Gasteiger partial charge in [0.05, 0.1) is 12.1 Å². The van der Waals surface area contributed by atoms with E-state index in [-0.39, 0.29) is 12.1 Å². The van der Waals surface area contributed by atoms with Gasteiger partial charge in [-0.2, -0.15) is 0 Å². The van der Waals surface area contributed by atoms with Gasteiger partial charge in [-0.1, -0.05) is 0 Å². The van der Waals surface area contributed by atoms with Crippen molar-refractivity contribution in [2.75, 3.05) is 0 Å². The Kier molecular flexibility index (Phi) is 2.56. The molecule has 0 saturated heterocycles. The summed E-state index contributed by atoms with van der Waals surface area (Å²) >= 11 is 0. The predicted octanol–water partition coefficient (Wildman–Crippen LogP) is 0.605. The van der Waals surface area contributed by atoms with Crippen LogP contribution in [0.25, 0.3) is 0 Å². The van der Waals surface area contributed by atoms with E-state index in [2.05, 4.69) is 4.98 Å². The highest BCUT2D eigenvalue weighted by molar-refractivity contribution is 4.97. The van der Waals surface area contributed by atoms with Crippen LogP contribution in [0.1, 0.15) is 31.1 Å². The highest BCUT2D eigenvalue weighted by Gasteiger charge is 2.30. The number of aromatic nitrogens is 2. The minimum atomic E-state index is -0.434. The highest BCUT2D eigenvalue weighted by Crippen LogP contribution is 2.28. The van der Waals surface area contributed by atoms with Gasteiger partial charge in [0.2, 0.25) is 0 Å². The average Bonchev–Trinajstić information content (AvgIpc) is 2.57. The maximum Gasteiger partial charge on any atom is 0.105 e. The quantitative estimate of drug-likeness (QED) is 0.690. The Balaban J connectivity index is 2.21. The van der Waals surface area contributed by atoms with E-state index in [9.17, 15) is 5.11 Å². The van der Waals surface area contributed by atoms with Crippen molar-refractivity contribution in [1.29, 1.82) is 0 Å². The van der Waals surface area contributed by atoms with E-state index in [0.717, 1.165) is 25.1 Å². The normalized spacial score (nSPS) is 33.2. The summed E-state index contributed by atoms with van der Waals surface area (Å²) in [5.74, 6) is 0.947. The number of rotatable bonds is 1. The zero-order valence-corrected chi connectivity index (χ0v) is 8.43. The monoisotopic (exact) mass is 195 g/mol. The zero-order valence-electron chi connectivity index (χ0n) is 8.43. The highest BCUT2D eigenvalue weighted by atomic mass is 16.3. The number of imidazole rings is 1. The van der Waals surface area contributed by atoms with Crippen molar-refractivity contribution < 1.29 is 5.11 Å². The number of hydrogen-bond donors (Lipinski definition) is 2. The Labute approximate surface area is 83.8 Å². The van der Waals surface area contributed by atoms with Gasteiger partial charge in [0.1, 0.15) is 5.82 Å².